The molecule has 296 valence electrons. The molecule has 5 aromatic rings. The number of carbonyl (C=O) groups excluding carboxylic acids is 5. The Labute approximate surface area is 328 Å². The van der Waals surface area contributed by atoms with Gasteiger partial charge >= 0.3 is 0 Å². The second kappa shape index (κ2) is 15.8. The summed E-state index contributed by atoms with van der Waals surface area (Å²) in [4.78, 5) is 76.1. The highest BCUT2D eigenvalue weighted by molar-refractivity contribution is 6.25. The number of benzene rings is 2. The van der Waals surface area contributed by atoms with E-state index in [2.05, 4.69) is 38.0 Å². The molecule has 15 nitrogen and oxygen atoms in total. The predicted molar refractivity (Wildman–Crippen MR) is 209 cm³/mol. The number of aromatic nitrogens is 5. The van der Waals surface area contributed by atoms with Crippen LogP contribution in [-0.4, -0.2) is 89.7 Å². The van der Waals surface area contributed by atoms with Gasteiger partial charge in [-0.3, -0.25) is 43.8 Å². The molecule has 0 spiro atoms. The van der Waals surface area contributed by atoms with Crippen LogP contribution in [0.1, 0.15) is 113 Å². The first kappa shape index (κ1) is 37.9. The van der Waals surface area contributed by atoms with E-state index in [9.17, 15) is 24.0 Å². The van der Waals surface area contributed by atoms with E-state index >= 15 is 4.39 Å². The van der Waals surface area contributed by atoms with Gasteiger partial charge in [0.15, 0.2) is 5.65 Å². The highest BCUT2D eigenvalue weighted by Gasteiger charge is 2.45. The molecule has 0 saturated carbocycles. The molecule has 8 rings (SSSR count). The molecule has 0 aliphatic carbocycles. The lowest BCUT2D eigenvalue weighted by atomic mass is 10.0. The third-order valence-corrected chi connectivity index (χ3v) is 11.3. The Bertz CT molecular complexity index is 2420. The van der Waals surface area contributed by atoms with Crippen molar-refractivity contribution in [3.63, 3.8) is 0 Å². The van der Waals surface area contributed by atoms with Crippen molar-refractivity contribution in [3.8, 4) is 0 Å². The highest BCUT2D eigenvalue weighted by Crippen LogP contribution is 2.33. The zero-order chi connectivity index (χ0) is 39.8. The molecule has 16 heteroatoms. The Morgan fingerprint density at radius 1 is 0.982 bits per heavy atom. The number of amides is 5. The van der Waals surface area contributed by atoms with Crippen LogP contribution in [0.15, 0.2) is 48.9 Å². The van der Waals surface area contributed by atoms with Gasteiger partial charge in [0.25, 0.3) is 17.7 Å². The number of aryl methyl sites for hydroxylation is 2. The Morgan fingerprint density at radius 2 is 1.79 bits per heavy atom. The number of rotatable bonds is 14. The number of nitrogens with zero attached hydrogens (tertiary/aromatic N) is 7. The van der Waals surface area contributed by atoms with Crippen molar-refractivity contribution in [3.05, 3.63) is 82.8 Å². The molecule has 2 saturated heterocycles. The zero-order valence-electron chi connectivity index (χ0n) is 32.0. The molecule has 3 N–H and O–H groups in total. The number of carbonyl (C=O) groups is 5. The van der Waals surface area contributed by atoms with Gasteiger partial charge in [-0.2, -0.15) is 5.10 Å². The van der Waals surface area contributed by atoms with Crippen molar-refractivity contribution in [2.45, 2.75) is 89.8 Å². The molecule has 5 amide bonds. The molecule has 6 heterocycles. The molecule has 2 aromatic carbocycles. The number of hydrogen-bond acceptors (Lipinski definition) is 10. The summed E-state index contributed by atoms with van der Waals surface area (Å²) in [6, 6.07) is 7.24. The molecule has 0 radical (unpaired) electrons. The number of fused-ring (bicyclic) bond motifs is 3. The molecule has 3 aliphatic rings. The number of unbranched alkanes of at least 4 members (excludes halogenated alkanes) is 5. The minimum Gasteiger partial charge on any atom is -0.384 e. The Kier molecular flexibility index (Phi) is 10.5. The Hall–Kier alpha value is -6.03. The maximum absolute atomic E-state index is 15.3. The van der Waals surface area contributed by atoms with Gasteiger partial charge in [0.05, 0.1) is 52.0 Å². The summed E-state index contributed by atoms with van der Waals surface area (Å²) in [5.41, 5.74) is 4.01. The van der Waals surface area contributed by atoms with Crippen LogP contribution in [0.3, 0.4) is 0 Å². The van der Waals surface area contributed by atoms with Crippen LogP contribution in [-0.2, 0) is 16.1 Å². The van der Waals surface area contributed by atoms with Gasteiger partial charge in [0.2, 0.25) is 11.8 Å². The van der Waals surface area contributed by atoms with Crippen LogP contribution in [0.5, 0.6) is 0 Å². The van der Waals surface area contributed by atoms with E-state index in [1.54, 1.807) is 36.7 Å². The number of nitrogens with one attached hydrogen (secondary N) is 3. The summed E-state index contributed by atoms with van der Waals surface area (Å²) < 4.78 is 19.0. The monoisotopic (exact) mass is 776 g/mol. The average Bonchev–Trinajstić information content (AvgIpc) is 3.94. The zero-order valence-corrected chi connectivity index (χ0v) is 32.0. The van der Waals surface area contributed by atoms with Crippen molar-refractivity contribution in [2.24, 2.45) is 0 Å². The topological polar surface area (TPSA) is 176 Å². The third kappa shape index (κ3) is 7.48. The van der Waals surface area contributed by atoms with E-state index in [4.69, 9.17) is 4.98 Å². The molecule has 3 aliphatic heterocycles. The van der Waals surface area contributed by atoms with Gasteiger partial charge < -0.3 is 15.0 Å². The van der Waals surface area contributed by atoms with Gasteiger partial charge in [0.1, 0.15) is 17.7 Å². The van der Waals surface area contributed by atoms with Gasteiger partial charge in [-0.05, 0) is 76.9 Å². The number of likely N-dealkylation sites (tertiary alicyclic amines) is 1. The quantitative estimate of drug-likeness (QED) is 0.0979. The fraction of sp³-hybridized carbons (Fsp3) is 0.415. The van der Waals surface area contributed by atoms with Crippen molar-refractivity contribution >= 4 is 57.6 Å². The molecule has 1 unspecified atom stereocenters. The van der Waals surface area contributed by atoms with E-state index in [-0.39, 0.29) is 35.6 Å². The lowest BCUT2D eigenvalue weighted by Crippen LogP contribution is -2.54. The van der Waals surface area contributed by atoms with Crippen molar-refractivity contribution in [1.29, 1.82) is 0 Å². The Morgan fingerprint density at radius 3 is 2.58 bits per heavy atom. The summed E-state index contributed by atoms with van der Waals surface area (Å²) in [6.07, 6.45) is 13.2. The molecule has 2 fully saturated rings. The fourth-order valence-electron chi connectivity index (χ4n) is 8.29. The van der Waals surface area contributed by atoms with Crippen molar-refractivity contribution in [1.82, 2.24) is 39.3 Å². The standard InChI is InChI=1S/C41H45FN10O5/c1-24-26-19-28(42)27(38(54)46-34-23-50-22-30(45-35(50)21-44-34)31-13-10-17-49(31)2)20-33(26)51(48-24)18-8-6-4-3-5-7-16-43-29-12-9-11-25-37(29)41(57)52(40(25)56)32-14-15-36(53)47-39(32)55/h9,11-12,19-23,31-32,43H,3-8,10,13-18H2,1-2H3,(H,46,54)(H,47,53,55)/t31-,32?/m1/s1. The molecule has 57 heavy (non-hydrogen) atoms. The third-order valence-electron chi connectivity index (χ3n) is 11.3. The summed E-state index contributed by atoms with van der Waals surface area (Å²) >= 11 is 0. The van der Waals surface area contributed by atoms with Crippen LogP contribution in [0, 0.1) is 12.7 Å². The number of imide groups is 2. The van der Waals surface area contributed by atoms with E-state index < -0.39 is 41.4 Å². The first-order valence-electron chi connectivity index (χ1n) is 19.7. The largest absolute Gasteiger partial charge is 0.384 e. The average molecular weight is 777 g/mol. The van der Waals surface area contributed by atoms with Crippen LogP contribution in [0.4, 0.5) is 15.9 Å². The number of hydrogen-bond donors (Lipinski definition) is 3. The van der Waals surface area contributed by atoms with E-state index in [1.807, 2.05) is 22.2 Å². The number of halogens is 1. The van der Waals surface area contributed by atoms with E-state index in [1.165, 1.54) is 6.07 Å². The lowest BCUT2D eigenvalue weighted by Gasteiger charge is -2.27. The molecule has 0 bridgehead atoms. The highest BCUT2D eigenvalue weighted by atomic mass is 19.1. The minimum atomic E-state index is -1.00. The normalized spacial score (nSPS) is 18.5. The Balaban J connectivity index is 0.807. The SMILES string of the molecule is Cc1nn(CCCCCCCCNc2cccc3c2C(=O)N(C2CCC(=O)NC2=O)C3=O)c2cc(C(=O)Nc3cn4cc([C@H]5CCCN5C)nc4cn3)c(F)cc12. The summed E-state index contributed by atoms with van der Waals surface area (Å²) in [5.74, 6) is -3.02. The van der Waals surface area contributed by atoms with Crippen molar-refractivity contribution < 1.29 is 28.4 Å². The summed E-state index contributed by atoms with van der Waals surface area (Å²) in [6.45, 7) is 4.09. The van der Waals surface area contributed by atoms with Gasteiger partial charge in [-0.15, -0.1) is 0 Å². The number of anilines is 2. The molecular formula is C41H45FN10O5. The summed E-state index contributed by atoms with van der Waals surface area (Å²) in [7, 11) is 2.09. The lowest BCUT2D eigenvalue weighted by molar-refractivity contribution is -0.136. The van der Waals surface area contributed by atoms with Crippen LogP contribution < -0.4 is 16.0 Å². The fourth-order valence-corrected chi connectivity index (χ4v) is 8.29. The van der Waals surface area contributed by atoms with E-state index in [0.717, 1.165) is 68.5 Å². The number of imidazole rings is 1. The maximum Gasteiger partial charge on any atom is 0.264 e. The van der Waals surface area contributed by atoms with Gasteiger partial charge in [-0.1, -0.05) is 31.7 Å². The van der Waals surface area contributed by atoms with E-state index in [0.29, 0.717) is 46.8 Å². The predicted octanol–water partition coefficient (Wildman–Crippen LogP) is 5.40. The maximum atomic E-state index is 15.3. The minimum absolute atomic E-state index is 0.0706. The molecule has 2 atom stereocenters. The molecule has 3 aromatic heterocycles. The first-order chi connectivity index (χ1) is 27.6. The smallest absolute Gasteiger partial charge is 0.264 e. The number of piperidine rings is 1. The van der Waals surface area contributed by atoms with Crippen molar-refractivity contribution in [2.75, 3.05) is 30.8 Å². The molecular weight excluding hydrogens is 732 g/mol. The van der Waals surface area contributed by atoms with Crippen LogP contribution in [0.25, 0.3) is 16.6 Å². The van der Waals surface area contributed by atoms with Gasteiger partial charge in [-0.25, -0.2) is 14.4 Å². The summed E-state index contributed by atoms with van der Waals surface area (Å²) in [5, 5.41) is 13.6. The van der Waals surface area contributed by atoms with Gasteiger partial charge in [0, 0.05) is 36.8 Å². The second-order valence-electron chi connectivity index (χ2n) is 15.2. The van der Waals surface area contributed by atoms with Crippen LogP contribution in [0.2, 0.25) is 0 Å². The first-order valence-corrected chi connectivity index (χ1v) is 19.7. The second-order valence-corrected chi connectivity index (χ2v) is 15.2. The van der Waals surface area contributed by atoms with Crippen LogP contribution >= 0.6 is 0 Å².